The summed E-state index contributed by atoms with van der Waals surface area (Å²) in [5.74, 6) is -0.384. The molecule has 0 bridgehead atoms. The van der Waals surface area contributed by atoms with E-state index in [2.05, 4.69) is 65.2 Å². The summed E-state index contributed by atoms with van der Waals surface area (Å²) >= 11 is 6.60. The van der Waals surface area contributed by atoms with Crippen LogP contribution in [0.3, 0.4) is 0 Å². The predicted octanol–water partition coefficient (Wildman–Crippen LogP) is 8.84. The molecule has 0 aliphatic heterocycles. The molecule has 46 heavy (non-hydrogen) atoms. The summed E-state index contributed by atoms with van der Waals surface area (Å²) in [4.78, 5) is 11.3. The normalized spacial score (nSPS) is 11.1. The van der Waals surface area contributed by atoms with Gasteiger partial charge in [-0.3, -0.25) is 0 Å². The van der Waals surface area contributed by atoms with Crippen LogP contribution in [0.15, 0.2) is 127 Å². The van der Waals surface area contributed by atoms with E-state index in [4.69, 9.17) is 21.1 Å². The summed E-state index contributed by atoms with van der Waals surface area (Å²) in [5, 5.41) is 20.1. The van der Waals surface area contributed by atoms with Gasteiger partial charge in [-0.1, -0.05) is 84.4 Å². The molecule has 0 unspecified atom stereocenters. The third-order valence-corrected chi connectivity index (χ3v) is 8.22. The monoisotopic (exact) mass is 626 g/mol. The van der Waals surface area contributed by atoms with Crippen LogP contribution in [0.5, 0.6) is 5.75 Å². The number of aromatic nitrogens is 1. The molecular weight excluding hydrogens is 596 g/mol. The van der Waals surface area contributed by atoms with Crippen LogP contribution in [-0.4, -0.2) is 22.2 Å². The predicted molar refractivity (Wildman–Crippen MR) is 179 cm³/mol. The molecule has 6 nitrogen and oxygen atoms in total. The van der Waals surface area contributed by atoms with Crippen molar-refractivity contribution in [3.05, 3.63) is 171 Å². The zero-order valence-electron chi connectivity index (χ0n) is 25.0. The molecule has 0 aliphatic carbocycles. The fourth-order valence-electron chi connectivity index (χ4n) is 5.80. The second-order valence-electron chi connectivity index (χ2n) is 10.9. The molecule has 0 saturated carbocycles. The maximum Gasteiger partial charge on any atom is 0.335 e. The van der Waals surface area contributed by atoms with Gasteiger partial charge >= 0.3 is 5.97 Å². The molecule has 1 heterocycles. The fraction of sp³-hybridized carbons (Fsp3) is 0.128. The van der Waals surface area contributed by atoms with Crippen molar-refractivity contribution in [3.8, 4) is 11.8 Å². The molecule has 1 aromatic heterocycles. The van der Waals surface area contributed by atoms with Crippen LogP contribution in [0, 0.1) is 11.3 Å². The van der Waals surface area contributed by atoms with Gasteiger partial charge in [0.2, 0.25) is 0 Å². The minimum atomic E-state index is -0.978. The van der Waals surface area contributed by atoms with Crippen molar-refractivity contribution in [2.45, 2.75) is 25.7 Å². The lowest BCUT2D eigenvalue weighted by molar-refractivity contribution is 0.0697. The van der Waals surface area contributed by atoms with Gasteiger partial charge in [0, 0.05) is 28.0 Å². The molecule has 0 amide bonds. The lowest BCUT2D eigenvalue weighted by Crippen LogP contribution is -2.17. The first-order chi connectivity index (χ1) is 22.5. The molecule has 1 N–H and O–H groups in total. The molecule has 6 aromatic rings. The summed E-state index contributed by atoms with van der Waals surface area (Å²) in [6.07, 6.45) is 0.566. The molecule has 5 aromatic carbocycles. The smallest absolute Gasteiger partial charge is 0.335 e. The van der Waals surface area contributed by atoms with Gasteiger partial charge < -0.3 is 19.1 Å². The molecule has 0 aliphatic rings. The highest BCUT2D eigenvalue weighted by Crippen LogP contribution is 2.38. The number of nitrogens with zero attached hydrogens (tertiary/aromatic N) is 2. The number of fused-ring (bicyclic) bond motifs is 1. The Labute approximate surface area is 272 Å². The van der Waals surface area contributed by atoms with Crippen LogP contribution in [0.2, 0.25) is 5.02 Å². The van der Waals surface area contributed by atoms with Crippen molar-refractivity contribution in [1.82, 2.24) is 4.57 Å². The Bertz CT molecular complexity index is 1940. The molecule has 0 saturated heterocycles. The van der Waals surface area contributed by atoms with E-state index in [0.29, 0.717) is 42.6 Å². The molecule has 6 rings (SSSR count). The van der Waals surface area contributed by atoms with Crippen molar-refractivity contribution in [2.75, 3.05) is 6.61 Å². The maximum atomic E-state index is 11.3. The maximum absolute atomic E-state index is 11.3. The minimum Gasteiger partial charge on any atom is -0.493 e. The number of carboxylic acid groups (broad SMARTS) is 1. The summed E-state index contributed by atoms with van der Waals surface area (Å²) in [6.45, 7) is 1.06. The Kier molecular flexibility index (Phi) is 9.45. The lowest BCUT2D eigenvalue weighted by atomic mass is 9.98. The number of ether oxygens (including phenoxy) is 2. The van der Waals surface area contributed by atoms with Crippen molar-refractivity contribution in [1.29, 1.82) is 5.26 Å². The average Bonchev–Trinajstić information content (AvgIpc) is 3.38. The first-order valence-corrected chi connectivity index (χ1v) is 15.3. The first-order valence-electron chi connectivity index (χ1n) is 15.0. The van der Waals surface area contributed by atoms with Crippen LogP contribution in [0.4, 0.5) is 0 Å². The summed E-state index contributed by atoms with van der Waals surface area (Å²) in [7, 11) is 0. The first kappa shape index (κ1) is 30.7. The fourth-order valence-corrected chi connectivity index (χ4v) is 5.98. The van der Waals surface area contributed by atoms with E-state index < -0.39 is 5.97 Å². The molecular formula is C39H31ClN2O4. The van der Waals surface area contributed by atoms with Gasteiger partial charge in [0.25, 0.3) is 0 Å². The Morgan fingerprint density at radius 3 is 2.09 bits per heavy atom. The molecule has 0 fully saturated rings. The second kappa shape index (κ2) is 14.2. The molecule has 228 valence electrons. The van der Waals surface area contributed by atoms with Gasteiger partial charge in [-0.15, -0.1) is 0 Å². The number of carbonyl (C=O) groups is 1. The zero-order valence-corrected chi connectivity index (χ0v) is 25.7. The Balaban J connectivity index is 1.42. The Hall–Kier alpha value is -5.35. The van der Waals surface area contributed by atoms with Crippen LogP contribution in [0.1, 0.15) is 49.9 Å². The summed E-state index contributed by atoms with van der Waals surface area (Å²) in [5.41, 5.74) is 7.16. The van der Waals surface area contributed by atoms with Gasteiger partial charge in [0.1, 0.15) is 5.75 Å². The van der Waals surface area contributed by atoms with E-state index in [1.165, 1.54) is 12.1 Å². The zero-order chi connectivity index (χ0) is 31.9. The van der Waals surface area contributed by atoms with E-state index in [1.54, 1.807) is 24.3 Å². The van der Waals surface area contributed by atoms with Gasteiger partial charge in [-0.25, -0.2) is 4.79 Å². The number of benzene rings is 5. The third-order valence-electron chi connectivity index (χ3n) is 7.98. The van der Waals surface area contributed by atoms with E-state index in [9.17, 15) is 15.2 Å². The molecule has 0 spiro atoms. The molecule has 0 radical (unpaired) electrons. The van der Waals surface area contributed by atoms with Crippen LogP contribution >= 0.6 is 11.6 Å². The highest BCUT2D eigenvalue weighted by Gasteiger charge is 2.26. The van der Waals surface area contributed by atoms with Gasteiger partial charge in [0.05, 0.1) is 43.1 Å². The highest BCUT2D eigenvalue weighted by molar-refractivity contribution is 6.31. The van der Waals surface area contributed by atoms with Gasteiger partial charge in [0.15, 0.2) is 0 Å². The number of aromatic carboxylic acids is 1. The van der Waals surface area contributed by atoms with E-state index >= 15 is 0 Å². The van der Waals surface area contributed by atoms with Crippen LogP contribution in [0.25, 0.3) is 10.9 Å². The van der Waals surface area contributed by atoms with Crippen LogP contribution in [-0.2, 0) is 24.4 Å². The number of hydrogen-bond donors (Lipinski definition) is 1. The van der Waals surface area contributed by atoms with E-state index in [1.807, 2.05) is 36.4 Å². The second-order valence-corrected chi connectivity index (χ2v) is 11.3. The average molecular weight is 627 g/mol. The van der Waals surface area contributed by atoms with E-state index in [0.717, 1.165) is 38.9 Å². The van der Waals surface area contributed by atoms with Gasteiger partial charge in [-0.2, -0.15) is 5.26 Å². The minimum absolute atomic E-state index is 0.141. The van der Waals surface area contributed by atoms with Crippen molar-refractivity contribution >= 4 is 28.5 Å². The summed E-state index contributed by atoms with van der Waals surface area (Å²) < 4.78 is 14.9. The molecule has 0 atom stereocenters. The summed E-state index contributed by atoms with van der Waals surface area (Å²) in [6, 6.07) is 42.7. The Morgan fingerprint density at radius 1 is 0.826 bits per heavy atom. The number of nitriles is 1. The largest absolute Gasteiger partial charge is 0.493 e. The van der Waals surface area contributed by atoms with Gasteiger partial charge in [-0.05, 0) is 76.9 Å². The lowest BCUT2D eigenvalue weighted by Gasteiger charge is -2.25. The number of hydrogen-bond acceptors (Lipinski definition) is 4. The Morgan fingerprint density at radius 2 is 1.48 bits per heavy atom. The van der Waals surface area contributed by atoms with Crippen LogP contribution < -0.4 is 4.74 Å². The molecule has 7 heteroatoms. The third kappa shape index (κ3) is 6.82. The van der Waals surface area contributed by atoms with E-state index in [-0.39, 0.29) is 11.6 Å². The number of rotatable bonds is 12. The van der Waals surface area contributed by atoms with Crippen molar-refractivity contribution in [3.63, 3.8) is 0 Å². The topological polar surface area (TPSA) is 84.5 Å². The number of halogens is 1. The number of carboxylic acids is 1. The SMILES string of the molecule is N#Cc1ccc(COCc2c(CCOc3ccc(C(=O)O)cc3)c3cc(Cl)ccc3n2C(c2ccccc2)c2ccccc2)cc1. The quantitative estimate of drug-likeness (QED) is 0.147. The highest BCUT2D eigenvalue weighted by atomic mass is 35.5. The standard InChI is InChI=1S/C39H31ClN2O4/c40-32-17-20-36-35(23-32)34(21-22-46-33-18-15-31(16-19-33)39(43)44)37(26-45-25-28-13-11-27(24-41)12-14-28)42(36)38(29-7-3-1-4-8-29)30-9-5-2-6-10-30/h1-20,23,38H,21-22,25-26H2,(H,43,44). The van der Waals surface area contributed by atoms with Crippen molar-refractivity contribution < 1.29 is 19.4 Å². The van der Waals surface area contributed by atoms with Crippen molar-refractivity contribution in [2.24, 2.45) is 0 Å².